The number of carboxylic acid groups (broad SMARTS) is 1. The van der Waals surface area contributed by atoms with Crippen molar-refractivity contribution in [3.63, 3.8) is 0 Å². The largest absolute Gasteiger partial charge is 0.480 e. The highest BCUT2D eigenvalue weighted by molar-refractivity contribution is 5.73. The lowest BCUT2D eigenvalue weighted by molar-refractivity contribution is -0.139. The van der Waals surface area contributed by atoms with Gasteiger partial charge in [0.2, 0.25) is 0 Å². The summed E-state index contributed by atoms with van der Waals surface area (Å²) in [5.41, 5.74) is 0.364. The average molecular weight is 292 g/mol. The molecule has 0 saturated heterocycles. The molecule has 2 aromatic rings. The summed E-state index contributed by atoms with van der Waals surface area (Å²) >= 11 is 0. The van der Waals surface area contributed by atoms with Gasteiger partial charge in [-0.05, 0) is 24.5 Å². The van der Waals surface area contributed by atoms with Gasteiger partial charge >= 0.3 is 11.7 Å². The van der Waals surface area contributed by atoms with Crippen molar-refractivity contribution in [2.75, 3.05) is 6.54 Å². The Bertz CT molecular complexity index is 674. The van der Waals surface area contributed by atoms with Crippen molar-refractivity contribution in [3.8, 4) is 0 Å². The molecule has 0 radical (unpaired) electrons. The number of fused-ring (bicyclic) bond motifs is 1. The van der Waals surface area contributed by atoms with Gasteiger partial charge in [-0.2, -0.15) is 0 Å². The SMILES string of the molecule is CC(C)CC(NCCn1nc2ccccn2c1=O)C(=O)O. The van der Waals surface area contributed by atoms with Crippen molar-refractivity contribution in [2.24, 2.45) is 5.92 Å². The molecule has 2 heterocycles. The highest BCUT2D eigenvalue weighted by Gasteiger charge is 2.18. The number of hydrogen-bond acceptors (Lipinski definition) is 4. The van der Waals surface area contributed by atoms with Crippen LogP contribution in [0.5, 0.6) is 0 Å². The smallest absolute Gasteiger partial charge is 0.350 e. The van der Waals surface area contributed by atoms with E-state index in [9.17, 15) is 9.59 Å². The number of pyridine rings is 1. The molecule has 7 heteroatoms. The topological polar surface area (TPSA) is 88.6 Å². The van der Waals surface area contributed by atoms with E-state index in [1.807, 2.05) is 19.9 Å². The minimum Gasteiger partial charge on any atom is -0.480 e. The molecule has 2 N–H and O–H groups in total. The van der Waals surface area contributed by atoms with Crippen LogP contribution >= 0.6 is 0 Å². The Morgan fingerprint density at radius 1 is 1.43 bits per heavy atom. The first-order valence-electron chi connectivity index (χ1n) is 6.99. The molecule has 0 aromatic carbocycles. The molecule has 1 atom stereocenters. The fourth-order valence-electron chi connectivity index (χ4n) is 2.20. The number of aromatic nitrogens is 3. The summed E-state index contributed by atoms with van der Waals surface area (Å²) < 4.78 is 2.80. The van der Waals surface area contributed by atoms with Crippen LogP contribution < -0.4 is 11.0 Å². The third kappa shape index (κ3) is 3.69. The van der Waals surface area contributed by atoms with Gasteiger partial charge in [-0.15, -0.1) is 5.10 Å². The second-order valence-electron chi connectivity index (χ2n) is 5.41. The van der Waals surface area contributed by atoms with E-state index in [1.165, 1.54) is 9.08 Å². The van der Waals surface area contributed by atoms with Gasteiger partial charge in [0, 0.05) is 12.7 Å². The number of hydrogen-bond donors (Lipinski definition) is 2. The number of aliphatic carboxylic acids is 1. The Balaban J connectivity index is 2.00. The van der Waals surface area contributed by atoms with Crippen LogP contribution in [0.3, 0.4) is 0 Å². The molecule has 1 unspecified atom stereocenters. The number of nitrogens with zero attached hydrogens (tertiary/aromatic N) is 3. The molecule has 0 bridgehead atoms. The lowest BCUT2D eigenvalue weighted by Gasteiger charge is -2.16. The van der Waals surface area contributed by atoms with Gasteiger partial charge in [0.1, 0.15) is 6.04 Å². The van der Waals surface area contributed by atoms with Crippen LogP contribution in [0.2, 0.25) is 0 Å². The fraction of sp³-hybridized carbons (Fsp3) is 0.500. The lowest BCUT2D eigenvalue weighted by atomic mass is 10.0. The molecule has 2 aromatic heterocycles. The minimum atomic E-state index is -0.869. The van der Waals surface area contributed by atoms with E-state index in [2.05, 4.69) is 10.4 Å². The third-order valence-electron chi connectivity index (χ3n) is 3.21. The van der Waals surface area contributed by atoms with Crippen LogP contribution in [0.25, 0.3) is 5.65 Å². The molecule has 0 aliphatic carbocycles. The quantitative estimate of drug-likeness (QED) is 0.779. The van der Waals surface area contributed by atoms with E-state index in [1.54, 1.807) is 18.3 Å². The molecule has 0 saturated carbocycles. The normalized spacial score (nSPS) is 12.9. The van der Waals surface area contributed by atoms with Gasteiger partial charge in [-0.3, -0.25) is 9.20 Å². The number of carbonyl (C=O) groups is 1. The van der Waals surface area contributed by atoms with Crippen molar-refractivity contribution in [1.29, 1.82) is 0 Å². The summed E-state index contributed by atoms with van der Waals surface area (Å²) in [6.07, 6.45) is 2.21. The second kappa shape index (κ2) is 6.53. The molecule has 2 rings (SSSR count). The van der Waals surface area contributed by atoms with E-state index in [4.69, 9.17) is 5.11 Å². The fourth-order valence-corrected chi connectivity index (χ4v) is 2.20. The van der Waals surface area contributed by atoms with E-state index < -0.39 is 12.0 Å². The van der Waals surface area contributed by atoms with Crippen LogP contribution in [-0.4, -0.2) is 37.8 Å². The molecular weight excluding hydrogens is 272 g/mol. The highest BCUT2D eigenvalue weighted by Crippen LogP contribution is 2.04. The van der Waals surface area contributed by atoms with Gasteiger partial charge in [0.05, 0.1) is 6.54 Å². The Labute approximate surface area is 122 Å². The average Bonchev–Trinajstić information content (AvgIpc) is 2.74. The Hall–Kier alpha value is -2.15. The zero-order chi connectivity index (χ0) is 15.4. The van der Waals surface area contributed by atoms with E-state index >= 15 is 0 Å². The predicted molar refractivity (Wildman–Crippen MR) is 78.3 cm³/mol. The van der Waals surface area contributed by atoms with Gasteiger partial charge in [-0.1, -0.05) is 19.9 Å². The van der Waals surface area contributed by atoms with Crippen LogP contribution in [0.4, 0.5) is 0 Å². The van der Waals surface area contributed by atoms with Crippen molar-refractivity contribution in [1.82, 2.24) is 19.5 Å². The Morgan fingerprint density at radius 2 is 2.19 bits per heavy atom. The standard InChI is InChI=1S/C14H20N4O3/c1-10(2)9-11(13(19)20)15-6-8-18-14(21)17-7-4-3-5-12(17)16-18/h3-5,7,10-11,15H,6,8-9H2,1-2H3,(H,19,20). The maximum Gasteiger partial charge on any atom is 0.350 e. The van der Waals surface area contributed by atoms with Gasteiger partial charge in [0.25, 0.3) is 0 Å². The van der Waals surface area contributed by atoms with Crippen LogP contribution in [0, 0.1) is 5.92 Å². The van der Waals surface area contributed by atoms with Crippen LogP contribution in [-0.2, 0) is 11.3 Å². The maximum absolute atomic E-state index is 12.0. The summed E-state index contributed by atoms with van der Waals surface area (Å²) in [5, 5.41) is 16.3. The zero-order valence-electron chi connectivity index (χ0n) is 12.2. The number of nitrogens with one attached hydrogen (secondary N) is 1. The van der Waals surface area contributed by atoms with Gasteiger partial charge in [0.15, 0.2) is 5.65 Å². The van der Waals surface area contributed by atoms with Crippen LogP contribution in [0.1, 0.15) is 20.3 Å². The minimum absolute atomic E-state index is 0.219. The van der Waals surface area contributed by atoms with Crippen molar-refractivity contribution < 1.29 is 9.90 Å². The molecule has 0 aliphatic rings. The summed E-state index contributed by atoms with van der Waals surface area (Å²) in [6, 6.07) is 4.73. The zero-order valence-corrected chi connectivity index (χ0v) is 12.2. The first kappa shape index (κ1) is 15.2. The number of carboxylic acids is 1. The summed E-state index contributed by atoms with van der Waals surface area (Å²) in [7, 11) is 0. The monoisotopic (exact) mass is 292 g/mol. The molecule has 7 nitrogen and oxygen atoms in total. The van der Waals surface area contributed by atoms with Crippen LogP contribution in [0.15, 0.2) is 29.2 Å². The highest BCUT2D eigenvalue weighted by atomic mass is 16.4. The summed E-state index contributed by atoms with van der Waals surface area (Å²) in [4.78, 5) is 23.2. The summed E-state index contributed by atoms with van der Waals surface area (Å²) in [5.74, 6) is -0.581. The molecule has 21 heavy (non-hydrogen) atoms. The predicted octanol–water partition coefficient (Wildman–Crippen LogP) is 0.585. The van der Waals surface area contributed by atoms with E-state index in [0.29, 0.717) is 25.2 Å². The first-order valence-corrected chi connectivity index (χ1v) is 6.99. The van der Waals surface area contributed by atoms with Gasteiger partial charge < -0.3 is 10.4 Å². The summed E-state index contributed by atoms with van der Waals surface area (Å²) in [6.45, 7) is 4.67. The van der Waals surface area contributed by atoms with E-state index in [0.717, 1.165) is 0 Å². The molecule has 0 aliphatic heterocycles. The number of rotatable bonds is 7. The van der Waals surface area contributed by atoms with Gasteiger partial charge in [-0.25, -0.2) is 9.48 Å². The second-order valence-corrected chi connectivity index (χ2v) is 5.41. The molecule has 114 valence electrons. The van der Waals surface area contributed by atoms with E-state index in [-0.39, 0.29) is 11.6 Å². The first-order chi connectivity index (χ1) is 9.99. The Morgan fingerprint density at radius 3 is 2.81 bits per heavy atom. The molecular formula is C14H20N4O3. The maximum atomic E-state index is 12.0. The lowest BCUT2D eigenvalue weighted by Crippen LogP contribution is -2.40. The van der Waals surface area contributed by atoms with Crippen molar-refractivity contribution in [2.45, 2.75) is 32.9 Å². The molecule has 0 spiro atoms. The molecule has 0 fully saturated rings. The third-order valence-corrected chi connectivity index (χ3v) is 3.21. The van der Waals surface area contributed by atoms with Crippen molar-refractivity contribution >= 4 is 11.6 Å². The Kier molecular flexibility index (Phi) is 4.74. The van der Waals surface area contributed by atoms with Crippen molar-refractivity contribution in [3.05, 3.63) is 34.9 Å². The molecule has 0 amide bonds.